The van der Waals surface area contributed by atoms with Crippen molar-refractivity contribution in [2.24, 2.45) is 0 Å². The Morgan fingerprint density at radius 1 is 1.35 bits per heavy atom. The summed E-state index contributed by atoms with van der Waals surface area (Å²) in [7, 11) is 0. The maximum absolute atomic E-state index is 11.8. The summed E-state index contributed by atoms with van der Waals surface area (Å²) in [4.78, 5) is 36.0. The second-order valence-corrected chi connectivity index (χ2v) is 5.34. The van der Waals surface area contributed by atoms with Gasteiger partial charge in [0, 0.05) is 25.1 Å². The van der Waals surface area contributed by atoms with E-state index in [-0.39, 0.29) is 30.0 Å². The summed E-state index contributed by atoms with van der Waals surface area (Å²) < 4.78 is 0. The van der Waals surface area contributed by atoms with Crippen molar-refractivity contribution in [3.8, 4) is 0 Å². The van der Waals surface area contributed by atoms with Crippen LogP contribution in [0.25, 0.3) is 0 Å². The van der Waals surface area contributed by atoms with E-state index >= 15 is 0 Å². The first kappa shape index (κ1) is 14.4. The van der Waals surface area contributed by atoms with Crippen LogP contribution in [0.2, 0.25) is 0 Å². The summed E-state index contributed by atoms with van der Waals surface area (Å²) >= 11 is 1.10. The Morgan fingerprint density at radius 2 is 2.10 bits per heavy atom. The average molecular weight is 293 g/mol. The highest BCUT2D eigenvalue weighted by atomic mass is 32.2. The lowest BCUT2D eigenvalue weighted by molar-refractivity contribution is -0.128. The van der Waals surface area contributed by atoms with Gasteiger partial charge < -0.3 is 11.1 Å². The molecule has 0 atom stereocenters. The van der Waals surface area contributed by atoms with Gasteiger partial charge in [0.05, 0.1) is 11.4 Å². The van der Waals surface area contributed by atoms with Crippen LogP contribution in [0.4, 0.5) is 16.2 Å². The van der Waals surface area contributed by atoms with Gasteiger partial charge in [-0.15, -0.1) is 0 Å². The smallest absolute Gasteiger partial charge is 0.288 e. The lowest BCUT2D eigenvalue weighted by atomic mass is 10.2. The zero-order valence-electron chi connectivity index (χ0n) is 10.8. The van der Waals surface area contributed by atoms with E-state index in [0.717, 1.165) is 16.7 Å². The number of benzene rings is 1. The van der Waals surface area contributed by atoms with E-state index in [0.29, 0.717) is 23.5 Å². The predicted octanol–water partition coefficient (Wildman–Crippen LogP) is 1.68. The van der Waals surface area contributed by atoms with Crippen molar-refractivity contribution in [2.75, 3.05) is 23.3 Å². The second kappa shape index (κ2) is 6.42. The highest BCUT2D eigenvalue weighted by Crippen LogP contribution is 2.19. The lowest BCUT2D eigenvalue weighted by Crippen LogP contribution is -2.39. The molecule has 1 aromatic rings. The number of hydrogen-bond acceptors (Lipinski definition) is 5. The van der Waals surface area contributed by atoms with Gasteiger partial charge in [-0.05, 0) is 12.1 Å². The van der Waals surface area contributed by atoms with Crippen molar-refractivity contribution < 1.29 is 14.4 Å². The molecule has 6 nitrogen and oxygen atoms in total. The normalized spacial score (nSPS) is 15.3. The SMILES string of the molecule is Nc1ccccc1NC(=O)CCN1C(=O)CCSC1=O. The van der Waals surface area contributed by atoms with Gasteiger partial charge in [-0.1, -0.05) is 23.9 Å². The minimum Gasteiger partial charge on any atom is -0.397 e. The number of carbonyl (C=O) groups is 3. The fourth-order valence-electron chi connectivity index (χ4n) is 1.79. The van der Waals surface area contributed by atoms with Crippen LogP contribution in [0, 0.1) is 0 Å². The van der Waals surface area contributed by atoms with Crippen molar-refractivity contribution >= 4 is 40.2 Å². The molecule has 1 saturated heterocycles. The zero-order valence-corrected chi connectivity index (χ0v) is 11.6. The molecule has 1 fully saturated rings. The highest BCUT2D eigenvalue weighted by molar-refractivity contribution is 8.13. The van der Waals surface area contributed by atoms with Gasteiger partial charge in [0.15, 0.2) is 0 Å². The van der Waals surface area contributed by atoms with Gasteiger partial charge in [0.2, 0.25) is 11.8 Å². The Bertz CT molecular complexity index is 531. The minimum absolute atomic E-state index is 0.0619. The molecule has 0 aliphatic carbocycles. The van der Waals surface area contributed by atoms with E-state index < -0.39 is 0 Å². The molecule has 2 rings (SSSR count). The van der Waals surface area contributed by atoms with Crippen molar-refractivity contribution in [3.05, 3.63) is 24.3 Å². The Labute approximate surface area is 120 Å². The van der Waals surface area contributed by atoms with Crippen LogP contribution in [0.1, 0.15) is 12.8 Å². The molecule has 0 spiro atoms. The van der Waals surface area contributed by atoms with Gasteiger partial charge >= 0.3 is 0 Å². The summed E-state index contributed by atoms with van der Waals surface area (Å²) in [5.41, 5.74) is 6.72. The van der Waals surface area contributed by atoms with E-state index in [2.05, 4.69) is 5.32 Å². The lowest BCUT2D eigenvalue weighted by Gasteiger charge is -2.23. The number of hydrogen-bond donors (Lipinski definition) is 2. The summed E-state index contributed by atoms with van der Waals surface area (Å²) in [5.74, 6) is 0.0147. The Hall–Kier alpha value is -2.02. The molecule has 0 saturated carbocycles. The molecular formula is C13H15N3O3S. The van der Waals surface area contributed by atoms with Gasteiger partial charge in [-0.25, -0.2) is 0 Å². The number of nitrogen functional groups attached to an aromatic ring is 1. The molecule has 0 aromatic heterocycles. The standard InChI is InChI=1S/C13H15N3O3S/c14-9-3-1-2-4-10(9)15-11(17)5-7-16-12(18)6-8-20-13(16)19/h1-4H,5-8,14H2,(H,15,17). The number of nitrogens with two attached hydrogens (primary N) is 1. The number of nitrogens with zero attached hydrogens (tertiary/aromatic N) is 1. The third-order valence-electron chi connectivity index (χ3n) is 2.86. The summed E-state index contributed by atoms with van der Waals surface area (Å²) in [6.07, 6.45) is 0.399. The largest absolute Gasteiger partial charge is 0.397 e. The molecule has 1 aromatic carbocycles. The number of thioether (sulfide) groups is 1. The fourth-order valence-corrected chi connectivity index (χ4v) is 2.59. The van der Waals surface area contributed by atoms with Crippen LogP contribution in [0.15, 0.2) is 24.3 Å². The second-order valence-electron chi connectivity index (χ2n) is 4.30. The molecule has 1 aliphatic heterocycles. The van der Waals surface area contributed by atoms with Gasteiger partial charge in [0.1, 0.15) is 0 Å². The van der Waals surface area contributed by atoms with Crippen molar-refractivity contribution in [1.82, 2.24) is 4.90 Å². The Balaban J connectivity index is 1.88. The van der Waals surface area contributed by atoms with E-state index in [1.807, 2.05) is 0 Å². The number of rotatable bonds is 4. The molecule has 1 heterocycles. The minimum atomic E-state index is -0.284. The maximum Gasteiger partial charge on any atom is 0.288 e. The first-order valence-electron chi connectivity index (χ1n) is 6.19. The van der Waals surface area contributed by atoms with E-state index in [4.69, 9.17) is 5.73 Å². The first-order chi connectivity index (χ1) is 9.58. The molecule has 7 heteroatoms. The van der Waals surface area contributed by atoms with Crippen LogP contribution in [-0.2, 0) is 9.59 Å². The van der Waals surface area contributed by atoms with Crippen LogP contribution in [-0.4, -0.2) is 34.3 Å². The zero-order chi connectivity index (χ0) is 14.5. The highest BCUT2D eigenvalue weighted by Gasteiger charge is 2.26. The molecule has 20 heavy (non-hydrogen) atoms. The molecule has 106 valence electrons. The van der Waals surface area contributed by atoms with Crippen LogP contribution in [0.3, 0.4) is 0 Å². The molecule has 3 N–H and O–H groups in total. The summed E-state index contributed by atoms with van der Waals surface area (Å²) in [6.45, 7) is 0.100. The quantitative estimate of drug-likeness (QED) is 0.824. The number of carbonyl (C=O) groups excluding carboxylic acids is 3. The monoisotopic (exact) mass is 293 g/mol. The fraction of sp³-hybridized carbons (Fsp3) is 0.308. The number of amides is 3. The number of nitrogens with one attached hydrogen (secondary N) is 1. The maximum atomic E-state index is 11.8. The van der Waals surface area contributed by atoms with Crippen molar-refractivity contribution in [3.63, 3.8) is 0 Å². The van der Waals surface area contributed by atoms with Gasteiger partial charge in [-0.3, -0.25) is 19.3 Å². The summed E-state index contributed by atoms with van der Waals surface area (Å²) in [6, 6.07) is 6.91. The molecule has 3 amide bonds. The third-order valence-corrected chi connectivity index (χ3v) is 3.74. The molecule has 0 unspecified atom stereocenters. The van der Waals surface area contributed by atoms with Crippen LogP contribution in [0.5, 0.6) is 0 Å². The predicted molar refractivity (Wildman–Crippen MR) is 78.3 cm³/mol. The van der Waals surface area contributed by atoms with Crippen LogP contribution >= 0.6 is 11.8 Å². The molecular weight excluding hydrogens is 278 g/mol. The Kier molecular flexibility index (Phi) is 4.62. The van der Waals surface area contributed by atoms with Crippen LogP contribution < -0.4 is 11.1 Å². The Morgan fingerprint density at radius 3 is 2.80 bits per heavy atom. The number of anilines is 2. The number of para-hydroxylation sites is 2. The molecule has 1 aliphatic rings. The number of imide groups is 1. The van der Waals surface area contributed by atoms with E-state index in [1.54, 1.807) is 24.3 Å². The average Bonchev–Trinajstić information content (AvgIpc) is 2.41. The third kappa shape index (κ3) is 3.51. The van der Waals surface area contributed by atoms with Crippen molar-refractivity contribution in [1.29, 1.82) is 0 Å². The van der Waals surface area contributed by atoms with E-state index in [1.165, 1.54) is 0 Å². The first-order valence-corrected chi connectivity index (χ1v) is 7.18. The molecule has 0 bridgehead atoms. The molecule has 0 radical (unpaired) electrons. The van der Waals surface area contributed by atoms with Gasteiger partial charge in [0.25, 0.3) is 5.24 Å². The van der Waals surface area contributed by atoms with E-state index in [9.17, 15) is 14.4 Å². The van der Waals surface area contributed by atoms with Crippen molar-refractivity contribution in [2.45, 2.75) is 12.8 Å². The topological polar surface area (TPSA) is 92.5 Å². The summed E-state index contributed by atoms with van der Waals surface area (Å²) in [5, 5.41) is 2.38. The van der Waals surface area contributed by atoms with Gasteiger partial charge in [-0.2, -0.15) is 0 Å².